The highest BCUT2D eigenvalue weighted by molar-refractivity contribution is 7.92. The Balaban J connectivity index is 1.68. The molecule has 0 aliphatic heterocycles. The number of amides is 1. The maximum atomic E-state index is 13.7. The topological polar surface area (TPSA) is 92.8 Å². The minimum atomic E-state index is -4.04. The van der Waals surface area contributed by atoms with E-state index in [1.807, 2.05) is 26.8 Å². The number of nitrogens with zero attached hydrogens (tertiary/aromatic N) is 1. The van der Waals surface area contributed by atoms with Crippen molar-refractivity contribution < 1.29 is 22.7 Å². The number of thiophene rings is 1. The summed E-state index contributed by atoms with van der Waals surface area (Å²) in [5.74, 6) is -1.00. The molecule has 1 aromatic heterocycles. The van der Waals surface area contributed by atoms with E-state index in [0.717, 1.165) is 50.7 Å². The van der Waals surface area contributed by atoms with E-state index in [-0.39, 0.29) is 11.5 Å². The monoisotopic (exact) mass is 526 g/mol. The van der Waals surface area contributed by atoms with Gasteiger partial charge in [0.15, 0.2) is 0 Å². The number of esters is 1. The van der Waals surface area contributed by atoms with Crippen molar-refractivity contribution in [3.8, 4) is 0 Å². The van der Waals surface area contributed by atoms with Gasteiger partial charge in [-0.3, -0.25) is 9.10 Å². The van der Waals surface area contributed by atoms with E-state index in [9.17, 15) is 18.0 Å². The van der Waals surface area contributed by atoms with Crippen LogP contribution in [0, 0.1) is 20.8 Å². The summed E-state index contributed by atoms with van der Waals surface area (Å²) in [5.41, 5.74) is 4.57. The van der Waals surface area contributed by atoms with Crippen LogP contribution < -0.4 is 9.62 Å². The Kier molecular flexibility index (Phi) is 7.51. The lowest BCUT2D eigenvalue weighted by atomic mass is 10.1. The van der Waals surface area contributed by atoms with Crippen LogP contribution in [0.25, 0.3) is 0 Å². The number of fused-ring (bicyclic) bond motifs is 1. The van der Waals surface area contributed by atoms with Gasteiger partial charge in [0.1, 0.15) is 11.5 Å². The molecule has 1 heterocycles. The van der Waals surface area contributed by atoms with Gasteiger partial charge < -0.3 is 10.1 Å². The Morgan fingerprint density at radius 2 is 1.75 bits per heavy atom. The van der Waals surface area contributed by atoms with Crippen molar-refractivity contribution in [1.82, 2.24) is 0 Å². The zero-order valence-electron chi connectivity index (χ0n) is 20.9. The van der Waals surface area contributed by atoms with Crippen LogP contribution in [0.1, 0.15) is 50.8 Å². The molecule has 0 bridgehead atoms. The van der Waals surface area contributed by atoms with Gasteiger partial charge in [0.2, 0.25) is 5.91 Å². The number of aryl methyl sites for hydroxylation is 4. The number of anilines is 2. The van der Waals surface area contributed by atoms with E-state index in [1.165, 1.54) is 11.3 Å². The first-order chi connectivity index (χ1) is 17.1. The highest BCUT2D eigenvalue weighted by atomic mass is 32.2. The van der Waals surface area contributed by atoms with Crippen LogP contribution >= 0.6 is 11.3 Å². The highest BCUT2D eigenvalue weighted by Crippen LogP contribution is 2.39. The van der Waals surface area contributed by atoms with Gasteiger partial charge in [-0.1, -0.05) is 23.8 Å². The van der Waals surface area contributed by atoms with E-state index < -0.39 is 28.4 Å². The zero-order chi connectivity index (χ0) is 26.0. The summed E-state index contributed by atoms with van der Waals surface area (Å²) >= 11 is 1.36. The first-order valence-electron chi connectivity index (χ1n) is 11.9. The summed E-state index contributed by atoms with van der Waals surface area (Å²) in [6.07, 6.45) is 2.56. The molecular formula is C27H30N2O5S2. The molecule has 7 nitrogen and oxygen atoms in total. The van der Waals surface area contributed by atoms with Crippen molar-refractivity contribution in [1.29, 1.82) is 0 Å². The summed E-state index contributed by atoms with van der Waals surface area (Å²) in [6.45, 7) is 7.24. The molecule has 0 atom stereocenters. The van der Waals surface area contributed by atoms with Crippen LogP contribution in [-0.2, 0) is 32.4 Å². The molecule has 0 radical (unpaired) electrons. The number of hydrogen-bond donors (Lipinski definition) is 1. The van der Waals surface area contributed by atoms with Gasteiger partial charge in [-0.05, 0) is 87.9 Å². The van der Waals surface area contributed by atoms with Crippen LogP contribution in [0.2, 0.25) is 0 Å². The van der Waals surface area contributed by atoms with Crippen molar-refractivity contribution in [2.45, 2.75) is 51.9 Å². The Morgan fingerprint density at radius 3 is 2.42 bits per heavy atom. The smallest absolute Gasteiger partial charge is 0.341 e. The molecule has 1 N–H and O–H groups in total. The van der Waals surface area contributed by atoms with Crippen molar-refractivity contribution in [3.63, 3.8) is 0 Å². The summed E-state index contributed by atoms with van der Waals surface area (Å²) in [6, 6.07) is 11.8. The van der Waals surface area contributed by atoms with Crippen LogP contribution in [-0.4, -0.2) is 33.4 Å². The van der Waals surface area contributed by atoms with Crippen LogP contribution in [0.5, 0.6) is 0 Å². The molecule has 0 unspecified atom stereocenters. The maximum absolute atomic E-state index is 13.7. The lowest BCUT2D eigenvalue weighted by Crippen LogP contribution is -2.38. The molecule has 190 valence electrons. The van der Waals surface area contributed by atoms with Gasteiger partial charge >= 0.3 is 5.97 Å². The molecule has 0 saturated heterocycles. The molecule has 1 aliphatic rings. The third-order valence-corrected chi connectivity index (χ3v) is 9.32. The molecule has 9 heteroatoms. The Labute approximate surface area is 216 Å². The quantitative estimate of drug-likeness (QED) is 0.409. The number of hydrogen-bond acceptors (Lipinski definition) is 6. The molecule has 1 aliphatic carbocycles. The fourth-order valence-electron chi connectivity index (χ4n) is 4.24. The summed E-state index contributed by atoms with van der Waals surface area (Å²) in [4.78, 5) is 27.1. The van der Waals surface area contributed by atoms with E-state index in [1.54, 1.807) is 43.3 Å². The molecule has 0 fully saturated rings. The van der Waals surface area contributed by atoms with Gasteiger partial charge in [-0.2, -0.15) is 0 Å². The zero-order valence-corrected chi connectivity index (χ0v) is 22.5. The van der Waals surface area contributed by atoms with Crippen molar-refractivity contribution >= 4 is 43.9 Å². The number of benzene rings is 2. The normalized spacial score (nSPS) is 12.8. The van der Waals surface area contributed by atoms with Crippen LogP contribution in [0.15, 0.2) is 47.4 Å². The highest BCUT2D eigenvalue weighted by Gasteiger charge is 2.31. The predicted octanol–water partition coefficient (Wildman–Crippen LogP) is 5.17. The Morgan fingerprint density at radius 1 is 1.03 bits per heavy atom. The van der Waals surface area contributed by atoms with Gasteiger partial charge in [-0.15, -0.1) is 11.3 Å². The predicted molar refractivity (Wildman–Crippen MR) is 143 cm³/mol. The fourth-order valence-corrected chi connectivity index (χ4v) is 6.95. The number of carbonyl (C=O) groups is 2. The average molecular weight is 527 g/mol. The lowest BCUT2D eigenvalue weighted by Gasteiger charge is -2.25. The van der Waals surface area contributed by atoms with Crippen LogP contribution in [0.3, 0.4) is 0 Å². The number of ether oxygens (including phenoxy) is 1. The lowest BCUT2D eigenvalue weighted by molar-refractivity contribution is -0.114. The maximum Gasteiger partial charge on any atom is 0.341 e. The number of nitrogens with one attached hydrogen (secondary N) is 1. The molecule has 1 amide bonds. The van der Waals surface area contributed by atoms with Gasteiger partial charge in [0.25, 0.3) is 10.0 Å². The molecule has 4 rings (SSSR count). The van der Waals surface area contributed by atoms with Crippen molar-refractivity contribution in [2.75, 3.05) is 22.8 Å². The number of carbonyl (C=O) groups excluding carboxylic acids is 2. The summed E-state index contributed by atoms with van der Waals surface area (Å²) in [5, 5.41) is 3.22. The van der Waals surface area contributed by atoms with Gasteiger partial charge in [0, 0.05) is 4.88 Å². The van der Waals surface area contributed by atoms with Crippen LogP contribution in [0.4, 0.5) is 10.7 Å². The first-order valence-corrected chi connectivity index (χ1v) is 14.2. The van der Waals surface area contributed by atoms with Crippen molar-refractivity contribution in [2.24, 2.45) is 0 Å². The first kappa shape index (κ1) is 25.9. The van der Waals surface area contributed by atoms with E-state index in [0.29, 0.717) is 16.3 Å². The molecule has 36 heavy (non-hydrogen) atoms. The fraction of sp³-hybridized carbons (Fsp3) is 0.333. The van der Waals surface area contributed by atoms with E-state index in [4.69, 9.17) is 4.74 Å². The largest absolute Gasteiger partial charge is 0.462 e. The minimum Gasteiger partial charge on any atom is -0.462 e. The summed E-state index contributed by atoms with van der Waals surface area (Å²) in [7, 11) is -4.04. The Hall–Kier alpha value is -3.17. The summed E-state index contributed by atoms with van der Waals surface area (Å²) < 4.78 is 33.7. The second kappa shape index (κ2) is 10.4. The van der Waals surface area contributed by atoms with Crippen molar-refractivity contribution in [3.05, 3.63) is 75.2 Å². The SMILES string of the molecule is CCOC(=O)c1c(NC(=O)CN(c2ccc(C)c(C)c2)S(=O)(=O)c2ccc(C)cc2)sc2c1CCC2. The minimum absolute atomic E-state index is 0.0986. The molecule has 0 spiro atoms. The number of rotatable bonds is 8. The molecular weight excluding hydrogens is 496 g/mol. The second-order valence-electron chi connectivity index (χ2n) is 8.92. The standard InChI is InChI=1S/C27H30N2O5S2/c1-5-34-27(31)25-22-7-6-8-23(22)35-26(25)28-24(30)16-29(20-12-11-18(3)19(4)15-20)36(32,33)21-13-9-17(2)10-14-21/h9-15H,5-8,16H2,1-4H3,(H,28,30). The molecule has 2 aromatic carbocycles. The van der Waals surface area contributed by atoms with E-state index >= 15 is 0 Å². The van der Waals surface area contributed by atoms with E-state index in [2.05, 4.69) is 5.32 Å². The number of sulfonamides is 1. The Bertz CT molecular complexity index is 1410. The molecule has 3 aromatic rings. The van der Waals surface area contributed by atoms with Gasteiger partial charge in [-0.25, -0.2) is 13.2 Å². The molecule has 0 saturated carbocycles. The second-order valence-corrected chi connectivity index (χ2v) is 11.9. The average Bonchev–Trinajstić information content (AvgIpc) is 3.40. The third kappa shape index (κ3) is 5.17. The van der Waals surface area contributed by atoms with Gasteiger partial charge in [0.05, 0.1) is 22.8 Å². The third-order valence-electron chi connectivity index (χ3n) is 6.33.